The van der Waals surface area contributed by atoms with E-state index < -0.39 is 71.1 Å². The van der Waals surface area contributed by atoms with Crippen molar-refractivity contribution in [2.75, 3.05) is 0 Å². The largest absolute Gasteiger partial charge is 0.418 e. The summed E-state index contributed by atoms with van der Waals surface area (Å²) in [5.74, 6) is 0. The van der Waals surface area contributed by atoms with Crippen LogP contribution in [0.4, 0.5) is 26.3 Å². The zero-order valence-electron chi connectivity index (χ0n) is 13.8. The highest BCUT2D eigenvalue weighted by Crippen LogP contribution is 2.41. The molecule has 14 heteroatoms. The number of halogens is 6. The Morgan fingerprint density at radius 3 is 1.21 bits per heavy atom. The molecule has 0 aromatic heterocycles. The van der Waals surface area contributed by atoms with Gasteiger partial charge in [0.05, 0.1) is 11.1 Å². The van der Waals surface area contributed by atoms with Crippen LogP contribution < -0.4 is 0 Å². The molecule has 0 fully saturated rings. The van der Waals surface area contributed by atoms with Crippen LogP contribution in [-0.2, 0) is 39.0 Å². The molecule has 0 radical (unpaired) electrons. The Balaban J connectivity index is 2.84. The Bertz CT molecular complexity index is 1060. The molecule has 2 aromatic rings. The van der Waals surface area contributed by atoms with Crippen LogP contribution in [0.25, 0.3) is 0 Å². The highest BCUT2D eigenvalue weighted by Gasteiger charge is 2.42. The van der Waals surface area contributed by atoms with Crippen LogP contribution in [0.1, 0.15) is 22.3 Å². The van der Waals surface area contributed by atoms with E-state index in [4.69, 9.17) is 9.11 Å². The van der Waals surface area contributed by atoms with Crippen molar-refractivity contribution in [2.45, 2.75) is 28.6 Å². The van der Waals surface area contributed by atoms with Gasteiger partial charge in [0.15, 0.2) is 0 Å². The van der Waals surface area contributed by atoms with Gasteiger partial charge in [0.1, 0.15) is 9.79 Å². The summed E-state index contributed by atoms with van der Waals surface area (Å²) in [6.45, 7) is 0. The summed E-state index contributed by atoms with van der Waals surface area (Å²) in [6, 6.07) is 3.73. The maximum absolute atomic E-state index is 13.4. The van der Waals surface area contributed by atoms with Gasteiger partial charge in [-0.3, -0.25) is 9.11 Å². The smallest absolute Gasteiger partial charge is 0.282 e. The van der Waals surface area contributed by atoms with Gasteiger partial charge in [0, 0.05) is 0 Å². The van der Waals surface area contributed by atoms with E-state index in [0.29, 0.717) is 24.3 Å². The van der Waals surface area contributed by atoms with Gasteiger partial charge in [-0.25, -0.2) is 0 Å². The first kappa shape index (κ1) is 23.1. The summed E-state index contributed by atoms with van der Waals surface area (Å²) >= 11 is 0. The van der Waals surface area contributed by atoms with Crippen molar-refractivity contribution in [2.24, 2.45) is 0 Å². The fraction of sp³-hybridized carbons (Fsp3) is 0.200. The Morgan fingerprint density at radius 1 is 0.655 bits per heavy atom. The molecular weight excluding hydrogens is 454 g/mol. The van der Waals surface area contributed by atoms with Crippen molar-refractivity contribution < 1.29 is 52.3 Å². The maximum Gasteiger partial charge on any atom is 0.418 e. The van der Waals surface area contributed by atoms with E-state index in [9.17, 15) is 43.2 Å². The third-order valence-corrected chi connectivity index (χ3v) is 5.52. The first-order chi connectivity index (χ1) is 12.9. The summed E-state index contributed by atoms with van der Waals surface area (Å²) in [6.07, 6.45) is -11.9. The van der Waals surface area contributed by atoms with Crippen molar-refractivity contribution >= 4 is 20.2 Å². The Hall–Kier alpha value is -2.16. The van der Waals surface area contributed by atoms with Crippen molar-refractivity contribution in [3.63, 3.8) is 0 Å². The van der Waals surface area contributed by atoms with Crippen molar-refractivity contribution in [1.29, 1.82) is 0 Å². The van der Waals surface area contributed by atoms with Crippen LogP contribution in [0.15, 0.2) is 46.2 Å². The average Bonchev–Trinajstić information content (AvgIpc) is 2.50. The van der Waals surface area contributed by atoms with Crippen molar-refractivity contribution in [3.8, 4) is 0 Å². The van der Waals surface area contributed by atoms with Crippen molar-refractivity contribution in [3.05, 3.63) is 58.7 Å². The zero-order chi connectivity index (χ0) is 22.4. The number of benzene rings is 2. The molecule has 0 atom stereocenters. The zero-order valence-corrected chi connectivity index (χ0v) is 15.4. The second kappa shape index (κ2) is 7.27. The molecule has 160 valence electrons. The topological polar surface area (TPSA) is 109 Å². The minimum atomic E-state index is -5.38. The number of alkyl halides is 6. The predicted octanol–water partition coefficient (Wildman–Crippen LogP) is 3.81. The Kier molecular flexibility index (Phi) is 5.79. The second-order valence-electron chi connectivity index (χ2n) is 5.70. The fourth-order valence-electron chi connectivity index (χ4n) is 2.73. The molecule has 2 rings (SSSR count). The van der Waals surface area contributed by atoms with Crippen LogP contribution in [-0.4, -0.2) is 25.9 Å². The number of rotatable bonds is 4. The van der Waals surface area contributed by atoms with Gasteiger partial charge < -0.3 is 0 Å². The standard InChI is InChI=1S/C15H10F6O6S2/c16-14(17,18)12-8(3-1-5-10(12)28(22,23)24)7-9-4-2-6-11(29(25,26)27)13(9)15(19,20)21/h1-6H,7H2,(H,22,23,24)(H,25,26,27). The Morgan fingerprint density at radius 2 is 0.966 bits per heavy atom. The summed E-state index contributed by atoms with van der Waals surface area (Å²) in [5.41, 5.74) is -5.73. The van der Waals surface area contributed by atoms with E-state index in [1.807, 2.05) is 0 Å². The predicted molar refractivity (Wildman–Crippen MR) is 85.3 cm³/mol. The van der Waals surface area contributed by atoms with Crippen LogP contribution in [0.2, 0.25) is 0 Å². The molecule has 0 heterocycles. The van der Waals surface area contributed by atoms with E-state index in [1.54, 1.807) is 0 Å². The first-order valence-electron chi connectivity index (χ1n) is 7.27. The lowest BCUT2D eigenvalue weighted by molar-refractivity contribution is -0.140. The number of hydrogen-bond donors (Lipinski definition) is 2. The van der Waals surface area contributed by atoms with Crippen molar-refractivity contribution in [1.82, 2.24) is 0 Å². The molecule has 2 aromatic carbocycles. The van der Waals surface area contributed by atoms with E-state index in [2.05, 4.69) is 0 Å². The third-order valence-electron chi connectivity index (χ3n) is 3.73. The van der Waals surface area contributed by atoms with Crippen LogP contribution in [0.5, 0.6) is 0 Å². The van der Waals surface area contributed by atoms with Gasteiger partial charge in [-0.05, 0) is 29.7 Å². The molecular formula is C15H10F6O6S2. The first-order valence-corrected chi connectivity index (χ1v) is 10.1. The normalized spacial score (nSPS) is 13.5. The average molecular weight is 464 g/mol. The van der Waals surface area contributed by atoms with Gasteiger partial charge in [-0.1, -0.05) is 24.3 Å². The lowest BCUT2D eigenvalue weighted by atomic mass is 9.95. The molecule has 0 spiro atoms. The summed E-state index contributed by atoms with van der Waals surface area (Å²) in [5, 5.41) is 0. The molecule has 0 aliphatic rings. The van der Waals surface area contributed by atoms with E-state index >= 15 is 0 Å². The van der Waals surface area contributed by atoms with Crippen LogP contribution in [0, 0.1) is 0 Å². The third kappa shape index (κ3) is 5.07. The summed E-state index contributed by atoms with van der Waals surface area (Å²) in [7, 11) is -10.8. The lowest BCUT2D eigenvalue weighted by Crippen LogP contribution is -2.19. The molecule has 0 saturated carbocycles. The van der Waals surface area contributed by atoms with Gasteiger partial charge in [0.2, 0.25) is 0 Å². The van der Waals surface area contributed by atoms with E-state index in [0.717, 1.165) is 12.1 Å². The fourth-order valence-corrected chi connectivity index (χ4v) is 4.24. The molecule has 0 saturated heterocycles. The highest BCUT2D eigenvalue weighted by atomic mass is 32.2. The maximum atomic E-state index is 13.4. The van der Waals surface area contributed by atoms with Gasteiger partial charge in [-0.2, -0.15) is 43.2 Å². The molecule has 0 aliphatic carbocycles. The Labute approximate surface area is 160 Å². The highest BCUT2D eigenvalue weighted by molar-refractivity contribution is 7.86. The quantitative estimate of drug-likeness (QED) is 0.526. The lowest BCUT2D eigenvalue weighted by Gasteiger charge is -2.19. The molecule has 2 N–H and O–H groups in total. The van der Waals surface area contributed by atoms with Gasteiger partial charge in [0.25, 0.3) is 20.2 Å². The van der Waals surface area contributed by atoms with Gasteiger partial charge >= 0.3 is 12.4 Å². The molecule has 6 nitrogen and oxygen atoms in total. The SMILES string of the molecule is O=S(=O)(O)c1cccc(Cc2cccc(S(=O)(=O)O)c2C(F)(F)F)c1C(F)(F)F. The summed E-state index contributed by atoms with van der Waals surface area (Å²) < 4.78 is 144. The molecule has 0 bridgehead atoms. The number of hydrogen-bond acceptors (Lipinski definition) is 4. The molecule has 0 amide bonds. The molecule has 0 aliphatic heterocycles. The second-order valence-corrected chi connectivity index (χ2v) is 8.48. The molecule has 29 heavy (non-hydrogen) atoms. The van der Waals surface area contributed by atoms with E-state index in [-0.39, 0.29) is 0 Å². The minimum Gasteiger partial charge on any atom is -0.282 e. The van der Waals surface area contributed by atoms with Crippen LogP contribution in [0.3, 0.4) is 0 Å². The van der Waals surface area contributed by atoms with Gasteiger partial charge in [-0.15, -0.1) is 0 Å². The summed E-state index contributed by atoms with van der Waals surface area (Å²) in [4.78, 5) is -3.14. The van der Waals surface area contributed by atoms with Crippen LogP contribution >= 0.6 is 0 Å². The van der Waals surface area contributed by atoms with E-state index in [1.165, 1.54) is 0 Å². The minimum absolute atomic E-state index is 0.418. The monoisotopic (exact) mass is 464 g/mol. The molecule has 0 unspecified atom stereocenters.